The van der Waals surface area contributed by atoms with Crippen molar-refractivity contribution in [1.29, 1.82) is 0 Å². The van der Waals surface area contributed by atoms with Gasteiger partial charge in [0.05, 0.1) is 0 Å². The van der Waals surface area contributed by atoms with Gasteiger partial charge in [0.1, 0.15) is 10.6 Å². The summed E-state index contributed by atoms with van der Waals surface area (Å²) in [6, 6.07) is 4.40. The summed E-state index contributed by atoms with van der Waals surface area (Å²) in [6.07, 6.45) is -3.77. The van der Waals surface area contributed by atoms with E-state index in [0.717, 1.165) is 12.1 Å². The van der Waals surface area contributed by atoms with E-state index in [1.54, 1.807) is 0 Å². The van der Waals surface area contributed by atoms with Gasteiger partial charge in [0, 0.05) is 6.04 Å². The van der Waals surface area contributed by atoms with Gasteiger partial charge < -0.3 is 10.1 Å². The first-order valence-electron chi connectivity index (χ1n) is 6.36. The lowest BCUT2D eigenvalue weighted by Gasteiger charge is -2.24. The molecule has 1 aromatic rings. The maximum Gasteiger partial charge on any atom is 0.573 e. The van der Waals surface area contributed by atoms with Crippen LogP contribution in [0.1, 0.15) is 12.8 Å². The first-order chi connectivity index (χ1) is 9.78. The minimum absolute atomic E-state index is 0. The molecular weight excluding hydrogens is 345 g/mol. The molecule has 1 heterocycles. The van der Waals surface area contributed by atoms with E-state index < -0.39 is 27.0 Å². The number of benzene rings is 1. The Hall–Kier alpha value is -1.03. The van der Waals surface area contributed by atoms with Crippen molar-refractivity contribution in [3.8, 4) is 5.75 Å². The van der Waals surface area contributed by atoms with E-state index >= 15 is 0 Å². The molecule has 1 aliphatic rings. The van der Waals surface area contributed by atoms with E-state index in [2.05, 4.69) is 14.8 Å². The van der Waals surface area contributed by atoms with Gasteiger partial charge in [-0.25, -0.2) is 13.1 Å². The molecule has 0 radical (unpaired) electrons. The van der Waals surface area contributed by atoms with Crippen molar-refractivity contribution < 1.29 is 26.3 Å². The lowest BCUT2D eigenvalue weighted by Crippen LogP contribution is -2.42. The highest BCUT2D eigenvalue weighted by molar-refractivity contribution is 7.89. The highest BCUT2D eigenvalue weighted by Crippen LogP contribution is 2.29. The third-order valence-electron chi connectivity index (χ3n) is 3.03. The Morgan fingerprint density at radius 3 is 2.36 bits per heavy atom. The summed E-state index contributed by atoms with van der Waals surface area (Å²) in [5.74, 6) is -0.730. The topological polar surface area (TPSA) is 67.4 Å². The fourth-order valence-corrected chi connectivity index (χ4v) is 3.54. The predicted octanol–water partition coefficient (Wildman–Crippen LogP) is 2.04. The lowest BCUT2D eigenvalue weighted by molar-refractivity contribution is -0.275. The zero-order valence-corrected chi connectivity index (χ0v) is 13.0. The Labute approximate surface area is 132 Å². The largest absolute Gasteiger partial charge is 0.573 e. The average molecular weight is 361 g/mol. The fraction of sp³-hybridized carbons (Fsp3) is 0.500. The molecule has 0 saturated carbocycles. The minimum Gasteiger partial charge on any atom is -0.404 e. The van der Waals surface area contributed by atoms with Gasteiger partial charge in [0.25, 0.3) is 0 Å². The third kappa shape index (κ3) is 5.31. The number of sulfonamides is 1. The van der Waals surface area contributed by atoms with Crippen molar-refractivity contribution in [3.05, 3.63) is 24.3 Å². The number of hydrogen-bond acceptors (Lipinski definition) is 4. The zero-order chi connectivity index (χ0) is 15.5. The first-order valence-corrected chi connectivity index (χ1v) is 7.84. The minimum atomic E-state index is -4.94. The van der Waals surface area contributed by atoms with Gasteiger partial charge in [-0.2, -0.15) is 0 Å². The summed E-state index contributed by atoms with van der Waals surface area (Å²) in [5, 5.41) is 3.07. The van der Waals surface area contributed by atoms with Crippen LogP contribution in [0.25, 0.3) is 0 Å². The molecule has 1 saturated heterocycles. The summed E-state index contributed by atoms with van der Waals surface area (Å²) in [5.41, 5.74) is 0. The molecule has 1 fully saturated rings. The number of rotatable bonds is 4. The van der Waals surface area contributed by atoms with Crippen LogP contribution >= 0.6 is 12.4 Å². The summed E-state index contributed by atoms with van der Waals surface area (Å²) < 4.78 is 67.6. The number of ether oxygens (including phenoxy) is 1. The number of alkyl halides is 3. The average Bonchev–Trinajstić information content (AvgIpc) is 2.38. The molecular formula is C12H16ClF3N2O3S. The first kappa shape index (κ1) is 19.0. The summed E-state index contributed by atoms with van der Waals surface area (Å²) in [4.78, 5) is -0.513. The van der Waals surface area contributed by atoms with Crippen molar-refractivity contribution in [3.63, 3.8) is 0 Å². The number of para-hydroxylation sites is 1. The van der Waals surface area contributed by atoms with E-state index in [1.807, 2.05) is 0 Å². The summed E-state index contributed by atoms with van der Waals surface area (Å²) in [6.45, 7) is 1.32. The Kier molecular flexibility index (Phi) is 6.48. The molecule has 1 aromatic carbocycles. The standard InChI is InChI=1S/C12H15F3N2O3S.ClH/c13-12(14,15)20-10-3-1-2-4-11(10)21(18,19)17-9-5-7-16-8-6-9;/h1-4,9,16-17H,5-8H2;1H. The van der Waals surface area contributed by atoms with Gasteiger partial charge in [-0.05, 0) is 38.1 Å². The number of hydrogen-bond donors (Lipinski definition) is 2. The van der Waals surface area contributed by atoms with E-state index in [4.69, 9.17) is 0 Å². The molecule has 0 aromatic heterocycles. The molecule has 2 rings (SSSR count). The smallest absolute Gasteiger partial charge is 0.404 e. The van der Waals surface area contributed by atoms with Crippen molar-refractivity contribution >= 4 is 22.4 Å². The molecule has 0 spiro atoms. The third-order valence-corrected chi connectivity index (χ3v) is 4.59. The number of halogens is 4. The van der Waals surface area contributed by atoms with E-state index in [1.165, 1.54) is 12.1 Å². The summed E-state index contributed by atoms with van der Waals surface area (Å²) >= 11 is 0. The van der Waals surface area contributed by atoms with E-state index in [0.29, 0.717) is 25.9 Å². The van der Waals surface area contributed by atoms with Crippen LogP contribution in [0.15, 0.2) is 29.2 Å². The molecule has 0 unspecified atom stereocenters. The Balaban J connectivity index is 0.00000242. The van der Waals surface area contributed by atoms with Gasteiger partial charge in [0.2, 0.25) is 10.0 Å². The van der Waals surface area contributed by atoms with E-state index in [-0.39, 0.29) is 18.4 Å². The molecule has 126 valence electrons. The Bertz CT molecular complexity index is 590. The van der Waals surface area contributed by atoms with Crippen LogP contribution in [-0.4, -0.2) is 33.9 Å². The van der Waals surface area contributed by atoms with E-state index in [9.17, 15) is 21.6 Å². The van der Waals surface area contributed by atoms with Gasteiger partial charge in [-0.1, -0.05) is 12.1 Å². The molecule has 22 heavy (non-hydrogen) atoms. The Morgan fingerprint density at radius 2 is 1.77 bits per heavy atom. The zero-order valence-electron chi connectivity index (χ0n) is 11.4. The van der Waals surface area contributed by atoms with Crippen LogP contribution in [0.5, 0.6) is 5.75 Å². The van der Waals surface area contributed by atoms with Crippen LogP contribution in [0, 0.1) is 0 Å². The molecule has 0 aliphatic carbocycles. The quantitative estimate of drug-likeness (QED) is 0.862. The van der Waals surface area contributed by atoms with Crippen LogP contribution < -0.4 is 14.8 Å². The van der Waals surface area contributed by atoms with Crippen LogP contribution in [0.3, 0.4) is 0 Å². The summed E-state index contributed by atoms with van der Waals surface area (Å²) in [7, 11) is -4.07. The van der Waals surface area contributed by atoms with Gasteiger partial charge in [0.15, 0.2) is 0 Å². The van der Waals surface area contributed by atoms with Crippen LogP contribution in [0.2, 0.25) is 0 Å². The highest BCUT2D eigenvalue weighted by Gasteiger charge is 2.34. The molecule has 0 bridgehead atoms. The lowest BCUT2D eigenvalue weighted by atomic mass is 10.1. The van der Waals surface area contributed by atoms with Gasteiger partial charge in [-0.15, -0.1) is 25.6 Å². The van der Waals surface area contributed by atoms with Crippen molar-refractivity contribution in [1.82, 2.24) is 10.0 Å². The van der Waals surface area contributed by atoms with Gasteiger partial charge in [-0.3, -0.25) is 0 Å². The molecule has 0 amide bonds. The van der Waals surface area contributed by atoms with Crippen LogP contribution in [0.4, 0.5) is 13.2 Å². The number of nitrogens with one attached hydrogen (secondary N) is 2. The van der Waals surface area contributed by atoms with Crippen molar-refractivity contribution in [2.45, 2.75) is 30.1 Å². The monoisotopic (exact) mass is 360 g/mol. The highest BCUT2D eigenvalue weighted by atomic mass is 35.5. The number of piperidine rings is 1. The molecule has 0 atom stereocenters. The SMILES string of the molecule is Cl.O=S(=O)(NC1CCNCC1)c1ccccc1OC(F)(F)F. The maximum absolute atomic E-state index is 12.3. The molecule has 10 heteroatoms. The predicted molar refractivity (Wildman–Crippen MR) is 76.6 cm³/mol. The maximum atomic E-state index is 12.3. The van der Waals surface area contributed by atoms with Gasteiger partial charge >= 0.3 is 6.36 Å². The second kappa shape index (κ2) is 7.49. The second-order valence-electron chi connectivity index (χ2n) is 4.64. The second-order valence-corrected chi connectivity index (χ2v) is 6.32. The molecule has 5 nitrogen and oxygen atoms in total. The van der Waals surface area contributed by atoms with Crippen molar-refractivity contribution in [2.75, 3.05) is 13.1 Å². The van der Waals surface area contributed by atoms with Crippen molar-refractivity contribution in [2.24, 2.45) is 0 Å². The van der Waals surface area contributed by atoms with Crippen LogP contribution in [-0.2, 0) is 10.0 Å². The normalized spacial score (nSPS) is 16.9. The molecule has 1 aliphatic heterocycles. The Morgan fingerprint density at radius 1 is 1.18 bits per heavy atom. The fourth-order valence-electron chi connectivity index (χ4n) is 2.10. The molecule has 2 N–H and O–H groups in total.